The molecule has 0 saturated carbocycles. The number of aromatic amines is 1. The molecule has 1 aromatic heterocycles. The summed E-state index contributed by atoms with van der Waals surface area (Å²) >= 11 is 11.4. The number of hydrogen-bond donors (Lipinski definition) is 1. The lowest BCUT2D eigenvalue weighted by molar-refractivity contribution is 1.09. The first-order valence-corrected chi connectivity index (χ1v) is 5.44. The van der Waals surface area contributed by atoms with Crippen LogP contribution in [0.2, 0.25) is 0 Å². The molecule has 0 bridgehead atoms. The first-order chi connectivity index (χ1) is 7.16. The van der Waals surface area contributed by atoms with Gasteiger partial charge in [0.25, 0.3) is 0 Å². The van der Waals surface area contributed by atoms with Crippen molar-refractivity contribution in [3.8, 4) is 11.3 Å². The van der Waals surface area contributed by atoms with Gasteiger partial charge >= 0.3 is 0 Å². The van der Waals surface area contributed by atoms with Gasteiger partial charge in [-0.2, -0.15) is 0 Å². The van der Waals surface area contributed by atoms with E-state index >= 15 is 0 Å². The lowest BCUT2D eigenvalue weighted by Crippen LogP contribution is -1.84. The van der Waals surface area contributed by atoms with Gasteiger partial charge in [-0.3, -0.25) is 0 Å². The topological polar surface area (TPSA) is 28.7 Å². The number of rotatable bonds is 2. The zero-order valence-electron chi connectivity index (χ0n) is 8.17. The standard InChI is InChI=1S/C11H10Cl2N2/c1-7-2-4-8(5-3-7)9-6-14-11(15-9)10(12)13/h2-6,10H,1H3,(H,14,15). The number of benzene rings is 1. The van der Waals surface area contributed by atoms with E-state index in [2.05, 4.69) is 29.0 Å². The van der Waals surface area contributed by atoms with Crippen molar-refractivity contribution in [1.29, 1.82) is 0 Å². The lowest BCUT2D eigenvalue weighted by atomic mass is 10.1. The number of halogens is 2. The van der Waals surface area contributed by atoms with Gasteiger partial charge in [0.05, 0.1) is 11.9 Å². The van der Waals surface area contributed by atoms with Crippen LogP contribution in [-0.4, -0.2) is 9.97 Å². The molecule has 0 aliphatic heterocycles. The molecule has 78 valence electrons. The van der Waals surface area contributed by atoms with Crippen LogP contribution in [0.1, 0.15) is 16.2 Å². The average molecular weight is 241 g/mol. The third-order valence-electron chi connectivity index (χ3n) is 2.16. The maximum absolute atomic E-state index is 5.70. The van der Waals surface area contributed by atoms with Crippen molar-refractivity contribution in [2.24, 2.45) is 0 Å². The SMILES string of the molecule is Cc1ccc(-c2cnc(C(Cl)Cl)[nH]2)cc1. The zero-order chi connectivity index (χ0) is 10.8. The van der Waals surface area contributed by atoms with Crippen molar-refractivity contribution < 1.29 is 0 Å². The summed E-state index contributed by atoms with van der Waals surface area (Å²) in [5, 5.41) is 0. The van der Waals surface area contributed by atoms with Crippen molar-refractivity contribution in [2.45, 2.75) is 11.8 Å². The van der Waals surface area contributed by atoms with E-state index in [-0.39, 0.29) is 0 Å². The van der Waals surface area contributed by atoms with Gasteiger partial charge in [-0.05, 0) is 12.5 Å². The number of imidazole rings is 1. The normalized spacial score (nSPS) is 10.9. The van der Waals surface area contributed by atoms with E-state index in [4.69, 9.17) is 23.2 Å². The van der Waals surface area contributed by atoms with Crippen molar-refractivity contribution in [3.05, 3.63) is 41.9 Å². The van der Waals surface area contributed by atoms with Crippen LogP contribution in [0.3, 0.4) is 0 Å². The van der Waals surface area contributed by atoms with E-state index in [0.29, 0.717) is 5.82 Å². The molecule has 1 N–H and O–H groups in total. The largest absolute Gasteiger partial charge is 0.340 e. The van der Waals surface area contributed by atoms with Crippen LogP contribution in [0, 0.1) is 6.92 Å². The van der Waals surface area contributed by atoms with Gasteiger partial charge in [0.2, 0.25) is 0 Å². The summed E-state index contributed by atoms with van der Waals surface area (Å²) in [4.78, 5) is 6.56. The second kappa shape index (κ2) is 4.25. The van der Waals surface area contributed by atoms with Crippen molar-refractivity contribution in [2.75, 3.05) is 0 Å². The summed E-state index contributed by atoms with van der Waals surface area (Å²) in [5.74, 6) is 0.578. The minimum Gasteiger partial charge on any atom is -0.340 e. The van der Waals surface area contributed by atoms with Gasteiger partial charge in [0, 0.05) is 0 Å². The highest BCUT2D eigenvalue weighted by Gasteiger charge is 2.08. The van der Waals surface area contributed by atoms with Gasteiger partial charge in [0.15, 0.2) is 4.84 Å². The molecule has 0 aliphatic rings. The van der Waals surface area contributed by atoms with Crippen molar-refractivity contribution in [3.63, 3.8) is 0 Å². The molecule has 15 heavy (non-hydrogen) atoms. The number of H-pyrrole nitrogens is 1. The maximum Gasteiger partial charge on any atom is 0.165 e. The number of aryl methyl sites for hydroxylation is 1. The third-order valence-corrected chi connectivity index (χ3v) is 2.58. The fourth-order valence-electron chi connectivity index (χ4n) is 1.33. The maximum atomic E-state index is 5.70. The van der Waals surface area contributed by atoms with Gasteiger partial charge in [0.1, 0.15) is 5.82 Å². The Hall–Kier alpha value is -0.990. The summed E-state index contributed by atoms with van der Waals surface area (Å²) in [6, 6.07) is 8.16. The molecule has 0 saturated heterocycles. The highest BCUT2D eigenvalue weighted by Crippen LogP contribution is 2.25. The van der Waals surface area contributed by atoms with Crippen LogP contribution in [-0.2, 0) is 0 Å². The van der Waals surface area contributed by atoms with Crippen molar-refractivity contribution >= 4 is 23.2 Å². The first kappa shape index (κ1) is 10.5. The molecule has 0 spiro atoms. The highest BCUT2D eigenvalue weighted by molar-refractivity contribution is 6.43. The summed E-state index contributed by atoms with van der Waals surface area (Å²) < 4.78 is 0. The second-order valence-corrected chi connectivity index (χ2v) is 4.45. The molecule has 0 atom stereocenters. The minimum atomic E-state index is -0.607. The average Bonchev–Trinajstić information content (AvgIpc) is 2.68. The van der Waals surface area contributed by atoms with E-state index < -0.39 is 4.84 Å². The molecule has 1 heterocycles. The van der Waals surface area contributed by atoms with Gasteiger partial charge < -0.3 is 4.98 Å². The Kier molecular flexibility index (Phi) is 2.98. The van der Waals surface area contributed by atoms with Crippen LogP contribution in [0.15, 0.2) is 30.5 Å². The monoisotopic (exact) mass is 240 g/mol. The molecule has 1 aromatic carbocycles. The van der Waals surface area contributed by atoms with E-state index in [1.165, 1.54) is 5.56 Å². The Balaban J connectivity index is 2.33. The number of hydrogen-bond acceptors (Lipinski definition) is 1. The van der Waals surface area contributed by atoms with E-state index in [1.807, 2.05) is 12.1 Å². The fraction of sp³-hybridized carbons (Fsp3) is 0.182. The Bertz CT molecular complexity index is 446. The van der Waals surface area contributed by atoms with E-state index in [9.17, 15) is 0 Å². The van der Waals surface area contributed by atoms with Gasteiger partial charge in [-0.25, -0.2) is 4.98 Å². The first-order valence-electron chi connectivity index (χ1n) is 4.57. The number of nitrogens with one attached hydrogen (secondary N) is 1. The Morgan fingerprint density at radius 2 is 1.87 bits per heavy atom. The summed E-state index contributed by atoms with van der Waals surface area (Å²) in [6.07, 6.45) is 1.73. The lowest BCUT2D eigenvalue weighted by Gasteiger charge is -1.98. The summed E-state index contributed by atoms with van der Waals surface area (Å²) in [7, 11) is 0. The Labute approximate surface area is 98.3 Å². The minimum absolute atomic E-state index is 0.578. The molecule has 4 heteroatoms. The van der Waals surface area contributed by atoms with Crippen LogP contribution in [0.5, 0.6) is 0 Å². The third kappa shape index (κ3) is 2.33. The second-order valence-electron chi connectivity index (χ2n) is 3.35. The molecule has 2 aromatic rings. The van der Waals surface area contributed by atoms with Crippen LogP contribution < -0.4 is 0 Å². The fourth-order valence-corrected chi connectivity index (χ4v) is 1.55. The van der Waals surface area contributed by atoms with Gasteiger partial charge in [-0.1, -0.05) is 53.0 Å². The number of nitrogens with zero attached hydrogens (tertiary/aromatic N) is 1. The molecular formula is C11H10Cl2N2. The smallest absolute Gasteiger partial charge is 0.165 e. The predicted molar refractivity (Wildman–Crippen MR) is 63.2 cm³/mol. The van der Waals surface area contributed by atoms with Crippen molar-refractivity contribution in [1.82, 2.24) is 9.97 Å². The predicted octanol–water partition coefficient (Wildman–Crippen LogP) is 3.86. The summed E-state index contributed by atoms with van der Waals surface area (Å²) in [5.41, 5.74) is 3.23. The molecule has 0 fully saturated rings. The molecular weight excluding hydrogens is 231 g/mol. The van der Waals surface area contributed by atoms with E-state index in [0.717, 1.165) is 11.3 Å². The summed E-state index contributed by atoms with van der Waals surface area (Å²) in [6.45, 7) is 2.05. The van der Waals surface area contributed by atoms with E-state index in [1.54, 1.807) is 6.20 Å². The molecule has 0 amide bonds. The molecule has 0 radical (unpaired) electrons. The van der Waals surface area contributed by atoms with Gasteiger partial charge in [-0.15, -0.1) is 0 Å². The number of aromatic nitrogens is 2. The molecule has 0 aliphatic carbocycles. The quantitative estimate of drug-likeness (QED) is 0.794. The zero-order valence-corrected chi connectivity index (χ0v) is 9.68. The van der Waals surface area contributed by atoms with Crippen LogP contribution in [0.25, 0.3) is 11.3 Å². The molecule has 0 unspecified atom stereocenters. The Morgan fingerprint density at radius 3 is 2.40 bits per heavy atom. The number of alkyl halides is 2. The molecule has 2 rings (SSSR count). The highest BCUT2D eigenvalue weighted by atomic mass is 35.5. The van der Waals surface area contributed by atoms with Crippen LogP contribution in [0.4, 0.5) is 0 Å². The Morgan fingerprint density at radius 1 is 1.20 bits per heavy atom. The van der Waals surface area contributed by atoms with Crippen LogP contribution >= 0.6 is 23.2 Å². The molecule has 2 nitrogen and oxygen atoms in total.